The Kier molecular flexibility index (Phi) is 7.60. The SMILES string of the molecule is C/C(=C\[C@H](C(C)C)N(C)C(=O)CNC=O)C(=O)N1CCC[C@H]1C(=O)O. The predicted molar refractivity (Wildman–Crippen MR) is 91.6 cm³/mol. The highest BCUT2D eigenvalue weighted by Crippen LogP contribution is 2.21. The summed E-state index contributed by atoms with van der Waals surface area (Å²) in [7, 11) is 1.61. The van der Waals surface area contributed by atoms with Crippen LogP contribution in [0.25, 0.3) is 0 Å². The van der Waals surface area contributed by atoms with Crippen molar-refractivity contribution in [2.24, 2.45) is 5.92 Å². The van der Waals surface area contributed by atoms with Gasteiger partial charge in [0.1, 0.15) is 6.04 Å². The first-order valence-corrected chi connectivity index (χ1v) is 8.35. The van der Waals surface area contributed by atoms with Gasteiger partial charge in [-0.05, 0) is 25.7 Å². The summed E-state index contributed by atoms with van der Waals surface area (Å²) in [5.74, 6) is -1.54. The quantitative estimate of drug-likeness (QED) is 0.480. The van der Waals surface area contributed by atoms with Gasteiger partial charge in [-0.2, -0.15) is 0 Å². The van der Waals surface area contributed by atoms with Gasteiger partial charge >= 0.3 is 5.97 Å². The monoisotopic (exact) mass is 353 g/mol. The molecule has 0 saturated carbocycles. The fraction of sp³-hybridized carbons (Fsp3) is 0.647. The van der Waals surface area contributed by atoms with Crippen LogP contribution in [0, 0.1) is 5.92 Å². The number of carbonyl (C=O) groups excluding carboxylic acids is 3. The third-order valence-electron chi connectivity index (χ3n) is 4.42. The molecule has 0 unspecified atom stereocenters. The van der Waals surface area contributed by atoms with Crippen LogP contribution in [0.5, 0.6) is 0 Å². The lowest BCUT2D eigenvalue weighted by molar-refractivity contribution is -0.146. The van der Waals surface area contributed by atoms with Gasteiger partial charge in [-0.1, -0.05) is 19.9 Å². The second-order valence-electron chi connectivity index (χ2n) is 6.58. The van der Waals surface area contributed by atoms with Crippen molar-refractivity contribution < 1.29 is 24.3 Å². The van der Waals surface area contributed by atoms with Crippen LogP contribution in [0.4, 0.5) is 0 Å². The van der Waals surface area contributed by atoms with Crippen molar-refractivity contribution in [3.05, 3.63) is 11.6 Å². The van der Waals surface area contributed by atoms with E-state index in [4.69, 9.17) is 0 Å². The normalized spacial score (nSPS) is 18.8. The van der Waals surface area contributed by atoms with Crippen molar-refractivity contribution in [2.45, 2.75) is 45.7 Å². The summed E-state index contributed by atoms with van der Waals surface area (Å²) >= 11 is 0. The highest BCUT2D eigenvalue weighted by atomic mass is 16.4. The zero-order valence-electron chi connectivity index (χ0n) is 15.2. The Labute approximate surface area is 147 Å². The van der Waals surface area contributed by atoms with Crippen molar-refractivity contribution in [3.8, 4) is 0 Å². The summed E-state index contributed by atoms with van der Waals surface area (Å²) < 4.78 is 0. The van der Waals surface area contributed by atoms with Gasteiger partial charge in [0.05, 0.1) is 12.6 Å². The Morgan fingerprint density at radius 2 is 2.00 bits per heavy atom. The number of amides is 3. The fourth-order valence-corrected chi connectivity index (χ4v) is 2.99. The topological polar surface area (TPSA) is 107 Å². The predicted octanol–water partition coefficient (Wildman–Crippen LogP) is 0.237. The average molecular weight is 353 g/mol. The summed E-state index contributed by atoms with van der Waals surface area (Å²) in [6.07, 6.45) is 3.28. The number of nitrogens with one attached hydrogen (secondary N) is 1. The number of likely N-dealkylation sites (tertiary alicyclic amines) is 1. The number of carboxylic acids is 1. The standard InChI is InChI=1S/C17H27N3O5/c1-11(2)14(19(4)15(22)9-18-10-21)8-12(3)16(23)20-7-5-6-13(20)17(24)25/h8,10-11,13-14H,5-7,9H2,1-4H3,(H,18,21)(H,24,25)/b12-8+/t13-,14+/m0/s1. The van der Waals surface area contributed by atoms with Crippen molar-refractivity contribution in [2.75, 3.05) is 20.1 Å². The molecule has 0 aromatic rings. The van der Waals surface area contributed by atoms with Crippen LogP contribution >= 0.6 is 0 Å². The largest absolute Gasteiger partial charge is 0.480 e. The van der Waals surface area contributed by atoms with E-state index in [1.54, 1.807) is 20.0 Å². The molecule has 1 aliphatic heterocycles. The van der Waals surface area contributed by atoms with E-state index < -0.39 is 12.0 Å². The van der Waals surface area contributed by atoms with E-state index >= 15 is 0 Å². The molecule has 1 saturated heterocycles. The summed E-state index contributed by atoms with van der Waals surface area (Å²) in [5.41, 5.74) is 0.412. The average Bonchev–Trinajstić information content (AvgIpc) is 3.05. The molecule has 8 heteroatoms. The number of carboxylic acid groups (broad SMARTS) is 1. The van der Waals surface area contributed by atoms with Gasteiger partial charge in [-0.3, -0.25) is 14.4 Å². The zero-order chi connectivity index (χ0) is 19.1. The summed E-state index contributed by atoms with van der Waals surface area (Å²) in [6.45, 7) is 5.79. The Morgan fingerprint density at radius 1 is 1.36 bits per heavy atom. The van der Waals surface area contributed by atoms with Crippen LogP contribution in [0.3, 0.4) is 0 Å². The van der Waals surface area contributed by atoms with Crippen LogP contribution in [0.15, 0.2) is 11.6 Å². The van der Waals surface area contributed by atoms with Crippen molar-refractivity contribution in [1.29, 1.82) is 0 Å². The molecule has 140 valence electrons. The Balaban J connectivity index is 2.93. The minimum Gasteiger partial charge on any atom is -0.480 e. The second kappa shape index (κ2) is 9.19. The first-order valence-electron chi connectivity index (χ1n) is 8.35. The maximum atomic E-state index is 12.6. The van der Waals surface area contributed by atoms with Crippen LogP contribution in [-0.2, 0) is 19.2 Å². The molecule has 3 amide bonds. The minimum absolute atomic E-state index is 0.0433. The lowest BCUT2D eigenvalue weighted by atomic mass is 9.99. The lowest BCUT2D eigenvalue weighted by Gasteiger charge is -2.30. The molecule has 0 aromatic carbocycles. The van der Waals surface area contributed by atoms with E-state index in [1.165, 1.54) is 9.80 Å². The molecule has 0 bridgehead atoms. The molecule has 2 atom stereocenters. The second-order valence-corrected chi connectivity index (χ2v) is 6.58. The van der Waals surface area contributed by atoms with Gasteiger partial charge in [0.25, 0.3) is 0 Å². The van der Waals surface area contributed by atoms with Gasteiger partial charge in [-0.25, -0.2) is 4.79 Å². The molecule has 1 aliphatic rings. The number of nitrogens with zero attached hydrogens (tertiary/aromatic N) is 2. The Morgan fingerprint density at radius 3 is 2.52 bits per heavy atom. The summed E-state index contributed by atoms with van der Waals surface area (Å²) in [5, 5.41) is 11.6. The van der Waals surface area contributed by atoms with E-state index in [9.17, 15) is 24.3 Å². The minimum atomic E-state index is -0.994. The first-order chi connectivity index (χ1) is 11.7. The van der Waals surface area contributed by atoms with Gasteiger partial charge < -0.3 is 20.2 Å². The molecule has 1 heterocycles. The fourth-order valence-electron chi connectivity index (χ4n) is 2.99. The molecule has 1 rings (SSSR count). The van der Waals surface area contributed by atoms with Crippen molar-refractivity contribution in [1.82, 2.24) is 15.1 Å². The third-order valence-corrected chi connectivity index (χ3v) is 4.42. The van der Waals surface area contributed by atoms with E-state index in [0.717, 1.165) is 0 Å². The van der Waals surface area contributed by atoms with E-state index in [1.807, 2.05) is 13.8 Å². The molecule has 0 aliphatic carbocycles. The highest BCUT2D eigenvalue weighted by Gasteiger charge is 2.34. The number of hydrogen-bond donors (Lipinski definition) is 2. The molecule has 0 aromatic heterocycles. The number of rotatable bonds is 8. The molecular formula is C17H27N3O5. The van der Waals surface area contributed by atoms with E-state index in [0.29, 0.717) is 31.4 Å². The molecule has 25 heavy (non-hydrogen) atoms. The molecule has 0 radical (unpaired) electrons. The Bertz CT molecular complexity index is 558. The van der Waals surface area contributed by atoms with Crippen LogP contribution in [0.1, 0.15) is 33.6 Å². The third kappa shape index (κ3) is 5.30. The molecule has 8 nitrogen and oxygen atoms in total. The van der Waals surface area contributed by atoms with Crippen molar-refractivity contribution in [3.63, 3.8) is 0 Å². The summed E-state index contributed by atoms with van der Waals surface area (Å²) in [4.78, 5) is 49.2. The maximum absolute atomic E-state index is 12.6. The van der Waals surface area contributed by atoms with Crippen LogP contribution < -0.4 is 5.32 Å². The number of carbonyl (C=O) groups is 4. The molecule has 0 spiro atoms. The zero-order valence-corrected chi connectivity index (χ0v) is 15.2. The van der Waals surface area contributed by atoms with Crippen LogP contribution in [0.2, 0.25) is 0 Å². The first kappa shape index (κ1) is 20.7. The van der Waals surface area contributed by atoms with E-state index in [2.05, 4.69) is 5.32 Å². The maximum Gasteiger partial charge on any atom is 0.326 e. The van der Waals surface area contributed by atoms with Gasteiger partial charge in [0.2, 0.25) is 18.2 Å². The molecular weight excluding hydrogens is 326 g/mol. The number of likely N-dealkylation sites (N-methyl/N-ethyl adjacent to an activating group) is 1. The van der Waals surface area contributed by atoms with Crippen LogP contribution in [-0.4, -0.2) is 71.3 Å². The summed E-state index contributed by atoms with van der Waals surface area (Å²) in [6, 6.07) is -1.12. The lowest BCUT2D eigenvalue weighted by Crippen LogP contribution is -2.44. The van der Waals surface area contributed by atoms with Gasteiger partial charge in [0, 0.05) is 19.2 Å². The highest BCUT2D eigenvalue weighted by molar-refractivity contribution is 5.96. The molecule has 1 fully saturated rings. The van der Waals surface area contributed by atoms with E-state index in [-0.39, 0.29) is 30.3 Å². The number of aliphatic carboxylic acids is 1. The number of hydrogen-bond acceptors (Lipinski definition) is 4. The Hall–Kier alpha value is -2.38. The van der Waals surface area contributed by atoms with Gasteiger partial charge in [0.15, 0.2) is 0 Å². The smallest absolute Gasteiger partial charge is 0.326 e. The molecule has 2 N–H and O–H groups in total. The van der Waals surface area contributed by atoms with Crippen molar-refractivity contribution >= 4 is 24.2 Å². The van der Waals surface area contributed by atoms with Gasteiger partial charge in [-0.15, -0.1) is 0 Å².